The lowest BCUT2D eigenvalue weighted by atomic mass is 10.0. The first kappa shape index (κ1) is 25.7. The molecule has 0 unspecified atom stereocenters. The molecular formula is C24H26ClF3N4O2. The van der Waals surface area contributed by atoms with E-state index in [0.717, 1.165) is 36.9 Å². The monoisotopic (exact) mass is 494 g/mol. The predicted molar refractivity (Wildman–Crippen MR) is 124 cm³/mol. The quantitative estimate of drug-likeness (QED) is 0.509. The van der Waals surface area contributed by atoms with E-state index in [9.17, 15) is 13.2 Å². The van der Waals surface area contributed by atoms with Gasteiger partial charge in [-0.3, -0.25) is 4.90 Å². The fourth-order valence-electron chi connectivity index (χ4n) is 3.66. The Hall–Kier alpha value is -2.88. The zero-order valence-corrected chi connectivity index (χ0v) is 19.1. The van der Waals surface area contributed by atoms with E-state index in [-0.39, 0.29) is 0 Å². The van der Waals surface area contributed by atoms with E-state index in [1.165, 1.54) is 24.0 Å². The van der Waals surface area contributed by atoms with Crippen LogP contribution in [-0.4, -0.2) is 50.8 Å². The zero-order valence-electron chi connectivity index (χ0n) is 18.4. The highest BCUT2D eigenvalue weighted by Gasteiger charge is 2.38. The molecule has 0 radical (unpaired) electrons. The maximum absolute atomic E-state index is 10.6. The third-order valence-electron chi connectivity index (χ3n) is 5.49. The second kappa shape index (κ2) is 12.0. The van der Waals surface area contributed by atoms with Crippen LogP contribution in [0.5, 0.6) is 0 Å². The van der Waals surface area contributed by atoms with Crippen molar-refractivity contribution in [3.05, 3.63) is 83.4 Å². The molecule has 2 aromatic carbocycles. The van der Waals surface area contributed by atoms with Gasteiger partial charge in [-0.15, -0.1) is 0 Å². The van der Waals surface area contributed by atoms with Crippen LogP contribution in [0.25, 0.3) is 5.69 Å². The van der Waals surface area contributed by atoms with E-state index in [2.05, 4.69) is 51.6 Å². The fraction of sp³-hybridized carbons (Fsp3) is 0.333. The van der Waals surface area contributed by atoms with E-state index >= 15 is 0 Å². The average molecular weight is 495 g/mol. The van der Waals surface area contributed by atoms with Crippen LogP contribution in [0.1, 0.15) is 24.0 Å². The molecule has 0 amide bonds. The molecule has 0 bridgehead atoms. The van der Waals surface area contributed by atoms with Crippen LogP contribution in [0.4, 0.5) is 13.2 Å². The summed E-state index contributed by atoms with van der Waals surface area (Å²) in [6.07, 6.45) is 2.88. The minimum Gasteiger partial charge on any atom is -0.475 e. The van der Waals surface area contributed by atoms with Gasteiger partial charge in [-0.05, 0) is 55.3 Å². The molecule has 0 atom stereocenters. The molecule has 182 valence electrons. The molecule has 34 heavy (non-hydrogen) atoms. The van der Waals surface area contributed by atoms with Crippen molar-refractivity contribution < 1.29 is 23.1 Å². The van der Waals surface area contributed by atoms with Gasteiger partial charge in [-0.2, -0.15) is 13.2 Å². The van der Waals surface area contributed by atoms with Gasteiger partial charge in [0.2, 0.25) is 0 Å². The number of halogens is 4. The molecule has 1 aliphatic heterocycles. The van der Waals surface area contributed by atoms with E-state index in [1.54, 1.807) is 6.20 Å². The number of hydrogen-bond acceptors (Lipinski definition) is 4. The SMILES string of the molecule is Clc1ccccc1CN1CCC(NCc2cccc(-n3ccnc3)c2)CC1.O=C(O)C(F)(F)F. The standard InChI is InChI=1S/C22H25ClN4.C2HF3O2/c23-22-7-2-1-5-19(22)16-26-11-8-20(9-12-26)25-15-18-4-3-6-21(14-18)27-13-10-24-17-27;3-2(4,5)1(6)7/h1-7,10,13-14,17,20,25H,8-9,11-12,15-16H2;(H,6,7). The Morgan fingerprint density at radius 1 is 1.15 bits per heavy atom. The number of likely N-dealkylation sites (tertiary alicyclic amines) is 1. The number of carboxylic acid groups (broad SMARTS) is 1. The van der Waals surface area contributed by atoms with Crippen molar-refractivity contribution in [3.63, 3.8) is 0 Å². The smallest absolute Gasteiger partial charge is 0.475 e. The number of carbonyl (C=O) groups is 1. The minimum atomic E-state index is -5.08. The molecule has 1 fully saturated rings. The highest BCUT2D eigenvalue weighted by atomic mass is 35.5. The maximum atomic E-state index is 10.6. The number of rotatable bonds is 6. The molecule has 0 aliphatic carbocycles. The number of nitrogens with zero attached hydrogens (tertiary/aromatic N) is 3. The van der Waals surface area contributed by atoms with Crippen LogP contribution in [0.3, 0.4) is 0 Å². The van der Waals surface area contributed by atoms with E-state index in [4.69, 9.17) is 21.5 Å². The number of aliphatic carboxylic acids is 1. The molecule has 10 heteroatoms. The third kappa shape index (κ3) is 7.86. The first-order chi connectivity index (χ1) is 16.2. The first-order valence-corrected chi connectivity index (χ1v) is 11.2. The zero-order chi connectivity index (χ0) is 24.6. The summed E-state index contributed by atoms with van der Waals surface area (Å²) in [5, 5.41) is 11.7. The van der Waals surface area contributed by atoms with E-state index in [0.29, 0.717) is 6.04 Å². The molecule has 1 saturated heterocycles. The van der Waals surface area contributed by atoms with E-state index in [1.807, 2.05) is 29.2 Å². The number of imidazole rings is 1. The molecule has 1 aliphatic rings. The Kier molecular flexibility index (Phi) is 9.09. The number of hydrogen-bond donors (Lipinski definition) is 2. The van der Waals surface area contributed by atoms with Crippen molar-refractivity contribution in [3.8, 4) is 5.69 Å². The van der Waals surface area contributed by atoms with Crippen molar-refractivity contribution in [1.82, 2.24) is 19.8 Å². The number of nitrogens with one attached hydrogen (secondary N) is 1. The summed E-state index contributed by atoms with van der Waals surface area (Å²) >= 11 is 6.29. The van der Waals surface area contributed by atoms with Gasteiger partial charge < -0.3 is 15.0 Å². The van der Waals surface area contributed by atoms with Crippen LogP contribution >= 0.6 is 11.6 Å². The number of aromatic nitrogens is 2. The third-order valence-corrected chi connectivity index (χ3v) is 5.86. The predicted octanol–water partition coefficient (Wildman–Crippen LogP) is 4.91. The van der Waals surface area contributed by atoms with Gasteiger partial charge in [0.25, 0.3) is 0 Å². The number of benzene rings is 2. The molecule has 4 rings (SSSR count). The summed E-state index contributed by atoms with van der Waals surface area (Å²) in [5.74, 6) is -2.76. The molecular weight excluding hydrogens is 469 g/mol. The largest absolute Gasteiger partial charge is 0.490 e. The molecule has 1 aromatic heterocycles. The summed E-state index contributed by atoms with van der Waals surface area (Å²) < 4.78 is 33.8. The molecule has 0 saturated carbocycles. The average Bonchev–Trinajstić information content (AvgIpc) is 3.35. The summed E-state index contributed by atoms with van der Waals surface area (Å²) in [6, 6.07) is 17.3. The fourth-order valence-corrected chi connectivity index (χ4v) is 3.86. The van der Waals surface area contributed by atoms with Crippen molar-refractivity contribution in [1.29, 1.82) is 0 Å². The summed E-state index contributed by atoms with van der Waals surface area (Å²) in [4.78, 5) is 15.5. The lowest BCUT2D eigenvalue weighted by Gasteiger charge is -2.32. The normalized spacial score (nSPS) is 14.9. The highest BCUT2D eigenvalue weighted by Crippen LogP contribution is 2.20. The minimum absolute atomic E-state index is 0.574. The van der Waals surface area contributed by atoms with E-state index < -0.39 is 12.1 Å². The second-order valence-corrected chi connectivity index (χ2v) is 8.37. The molecule has 2 N–H and O–H groups in total. The van der Waals surface area contributed by atoms with Crippen LogP contribution in [-0.2, 0) is 17.9 Å². The van der Waals surface area contributed by atoms with Crippen molar-refractivity contribution >= 4 is 17.6 Å². The number of carboxylic acids is 1. The van der Waals surface area contributed by atoms with Gasteiger partial charge in [0.1, 0.15) is 0 Å². The Morgan fingerprint density at radius 3 is 2.47 bits per heavy atom. The summed E-state index contributed by atoms with van der Waals surface area (Å²) in [6.45, 7) is 4.06. The molecule has 2 heterocycles. The highest BCUT2D eigenvalue weighted by molar-refractivity contribution is 6.31. The molecule has 3 aromatic rings. The molecule has 0 spiro atoms. The van der Waals surface area contributed by atoms with Gasteiger partial charge in [-0.25, -0.2) is 9.78 Å². The molecule has 6 nitrogen and oxygen atoms in total. The van der Waals surface area contributed by atoms with Crippen molar-refractivity contribution in [2.75, 3.05) is 13.1 Å². The Bertz CT molecular complexity index is 1050. The Balaban J connectivity index is 0.000000406. The summed E-state index contributed by atoms with van der Waals surface area (Å²) in [7, 11) is 0. The van der Waals surface area contributed by atoms with Gasteiger partial charge in [0, 0.05) is 42.2 Å². The van der Waals surface area contributed by atoms with Crippen LogP contribution in [0, 0.1) is 0 Å². The van der Waals surface area contributed by atoms with Crippen molar-refractivity contribution in [2.24, 2.45) is 0 Å². The topological polar surface area (TPSA) is 70.4 Å². The Morgan fingerprint density at radius 2 is 1.85 bits per heavy atom. The lowest BCUT2D eigenvalue weighted by molar-refractivity contribution is -0.192. The van der Waals surface area contributed by atoms with Crippen LogP contribution < -0.4 is 5.32 Å². The van der Waals surface area contributed by atoms with Crippen LogP contribution in [0.2, 0.25) is 5.02 Å². The number of alkyl halides is 3. The second-order valence-electron chi connectivity index (χ2n) is 7.97. The van der Waals surface area contributed by atoms with Gasteiger partial charge in [-0.1, -0.05) is 41.9 Å². The van der Waals surface area contributed by atoms with Crippen molar-refractivity contribution in [2.45, 2.75) is 38.1 Å². The van der Waals surface area contributed by atoms with Gasteiger partial charge >= 0.3 is 12.1 Å². The number of piperidine rings is 1. The summed E-state index contributed by atoms with van der Waals surface area (Å²) in [5.41, 5.74) is 3.68. The maximum Gasteiger partial charge on any atom is 0.490 e. The van der Waals surface area contributed by atoms with Gasteiger partial charge in [0.05, 0.1) is 6.33 Å². The van der Waals surface area contributed by atoms with Crippen LogP contribution in [0.15, 0.2) is 67.3 Å². The Labute approximate surface area is 201 Å². The lowest BCUT2D eigenvalue weighted by Crippen LogP contribution is -2.41. The first-order valence-electron chi connectivity index (χ1n) is 10.8. The van der Waals surface area contributed by atoms with Gasteiger partial charge in [0.15, 0.2) is 0 Å².